The van der Waals surface area contributed by atoms with Crippen LogP contribution in [0.5, 0.6) is 0 Å². The van der Waals surface area contributed by atoms with E-state index in [4.69, 9.17) is 16.7 Å². The Bertz CT molecular complexity index is 1200. The van der Waals surface area contributed by atoms with Crippen LogP contribution >= 0.6 is 11.6 Å². The van der Waals surface area contributed by atoms with E-state index in [1.165, 1.54) is 6.20 Å². The lowest BCUT2D eigenvalue weighted by atomic mass is 9.93. The highest BCUT2D eigenvalue weighted by Gasteiger charge is 2.32. The van der Waals surface area contributed by atoms with E-state index in [-0.39, 0.29) is 17.4 Å². The van der Waals surface area contributed by atoms with Crippen LogP contribution in [-0.2, 0) is 0 Å². The number of alkyl halides is 3. The summed E-state index contributed by atoms with van der Waals surface area (Å²) in [5, 5.41) is 19.6. The third kappa shape index (κ3) is 4.79. The Kier molecular flexibility index (Phi) is 6.52. The van der Waals surface area contributed by atoms with E-state index in [0.717, 1.165) is 30.0 Å². The lowest BCUT2D eigenvalue weighted by Gasteiger charge is -2.25. The zero-order chi connectivity index (χ0) is 23.7. The standard InChI is InChI=1S/C21H19ClF3N5O3/c22-12-6-4-11(5-7-12)16-8-15(20(32)27-17(18(23)24)19(25)31)21(33)30(28-16)14-9-26-29(10-14)13-2-1-3-13/h4-10,13,17-19,31H,1-3H2,(H,27,32)/t17-,19?/m0/s1. The number of nitrogens with one attached hydrogen (secondary N) is 1. The number of nitrogens with zero attached hydrogens (tertiary/aromatic N) is 4. The van der Waals surface area contributed by atoms with Gasteiger partial charge in [-0.3, -0.25) is 14.3 Å². The summed E-state index contributed by atoms with van der Waals surface area (Å²) in [5.41, 5.74) is -0.545. The van der Waals surface area contributed by atoms with Gasteiger partial charge in [0.1, 0.15) is 17.3 Å². The molecule has 1 aromatic carbocycles. The molecule has 0 aliphatic heterocycles. The maximum atomic E-state index is 13.2. The molecule has 12 heteroatoms. The Balaban J connectivity index is 1.79. The van der Waals surface area contributed by atoms with Gasteiger partial charge in [-0.1, -0.05) is 23.7 Å². The minimum atomic E-state index is -3.39. The molecule has 2 atom stereocenters. The van der Waals surface area contributed by atoms with Crippen molar-refractivity contribution in [3.8, 4) is 16.9 Å². The van der Waals surface area contributed by atoms with Gasteiger partial charge in [0, 0.05) is 10.6 Å². The maximum absolute atomic E-state index is 13.2. The number of hydrogen-bond acceptors (Lipinski definition) is 5. The van der Waals surface area contributed by atoms with Gasteiger partial charge >= 0.3 is 0 Å². The second kappa shape index (κ2) is 9.36. The van der Waals surface area contributed by atoms with Gasteiger partial charge in [-0.05, 0) is 37.5 Å². The second-order valence-electron chi connectivity index (χ2n) is 7.64. The van der Waals surface area contributed by atoms with Gasteiger partial charge in [0.05, 0.1) is 24.1 Å². The van der Waals surface area contributed by atoms with Crippen molar-refractivity contribution >= 4 is 17.5 Å². The first-order valence-corrected chi connectivity index (χ1v) is 10.5. The van der Waals surface area contributed by atoms with Gasteiger partial charge in [0.15, 0.2) is 0 Å². The van der Waals surface area contributed by atoms with Gasteiger partial charge in [-0.15, -0.1) is 0 Å². The Morgan fingerprint density at radius 2 is 1.91 bits per heavy atom. The molecule has 0 radical (unpaired) electrons. The molecule has 2 heterocycles. The van der Waals surface area contributed by atoms with Crippen molar-refractivity contribution in [3.63, 3.8) is 0 Å². The molecule has 2 aromatic heterocycles. The molecule has 1 unspecified atom stereocenters. The van der Waals surface area contributed by atoms with Crippen LogP contribution in [0.25, 0.3) is 16.9 Å². The molecule has 3 aromatic rings. The first-order chi connectivity index (χ1) is 15.7. The van der Waals surface area contributed by atoms with Crippen LogP contribution in [0.3, 0.4) is 0 Å². The number of carbonyl (C=O) groups excluding carboxylic acids is 1. The highest BCUT2D eigenvalue weighted by molar-refractivity contribution is 6.30. The van der Waals surface area contributed by atoms with Crippen LogP contribution in [0.15, 0.2) is 47.5 Å². The minimum absolute atomic E-state index is 0.169. The van der Waals surface area contributed by atoms with E-state index in [1.807, 2.05) is 0 Å². The van der Waals surface area contributed by atoms with E-state index in [0.29, 0.717) is 10.6 Å². The zero-order valence-electron chi connectivity index (χ0n) is 17.0. The van der Waals surface area contributed by atoms with Crippen LogP contribution < -0.4 is 10.9 Å². The van der Waals surface area contributed by atoms with E-state index < -0.39 is 35.9 Å². The van der Waals surface area contributed by atoms with Gasteiger partial charge in [0.2, 0.25) is 6.36 Å². The number of carbonyl (C=O) groups is 1. The first kappa shape index (κ1) is 23.0. The number of aliphatic hydroxyl groups excluding tert-OH is 1. The van der Waals surface area contributed by atoms with E-state index in [2.05, 4.69) is 10.2 Å². The fourth-order valence-electron chi connectivity index (χ4n) is 3.36. The molecular weight excluding hydrogens is 463 g/mol. The van der Waals surface area contributed by atoms with E-state index in [1.54, 1.807) is 40.5 Å². The smallest absolute Gasteiger partial charge is 0.284 e. The highest BCUT2D eigenvalue weighted by atomic mass is 35.5. The number of benzene rings is 1. The summed E-state index contributed by atoms with van der Waals surface area (Å²) >= 11 is 5.92. The lowest BCUT2D eigenvalue weighted by molar-refractivity contribution is -0.0481. The maximum Gasteiger partial charge on any atom is 0.284 e. The molecule has 1 aliphatic rings. The largest absolute Gasteiger partial charge is 0.362 e. The summed E-state index contributed by atoms with van der Waals surface area (Å²) in [6, 6.07) is 5.18. The van der Waals surface area contributed by atoms with Gasteiger partial charge in [-0.2, -0.15) is 14.9 Å². The molecular formula is C21H19ClF3N5O3. The first-order valence-electron chi connectivity index (χ1n) is 10.1. The Labute approximate surface area is 190 Å². The average molecular weight is 482 g/mol. The topological polar surface area (TPSA) is 102 Å². The molecule has 1 amide bonds. The Morgan fingerprint density at radius 1 is 1.21 bits per heavy atom. The number of halogens is 4. The number of rotatable bonds is 7. The fourth-order valence-corrected chi connectivity index (χ4v) is 3.49. The monoisotopic (exact) mass is 481 g/mol. The Hall–Kier alpha value is -3.18. The fraction of sp³-hybridized carbons (Fsp3) is 0.333. The summed E-state index contributed by atoms with van der Waals surface area (Å²) in [5.74, 6) is -1.28. The van der Waals surface area contributed by atoms with Crippen molar-refractivity contribution in [2.45, 2.75) is 44.1 Å². The second-order valence-corrected chi connectivity index (χ2v) is 8.07. The minimum Gasteiger partial charge on any atom is -0.362 e. The SMILES string of the molecule is O=C(N[C@H](C(O)F)C(F)F)c1cc(-c2ccc(Cl)cc2)nn(-c2cnn(C3CCC3)c2)c1=O. The van der Waals surface area contributed by atoms with Crippen LogP contribution in [0.2, 0.25) is 5.02 Å². The quantitative estimate of drug-likeness (QED) is 0.540. The van der Waals surface area contributed by atoms with Gasteiger partial charge in [0.25, 0.3) is 17.9 Å². The van der Waals surface area contributed by atoms with Crippen LogP contribution in [0, 0.1) is 0 Å². The van der Waals surface area contributed by atoms with Crippen molar-refractivity contribution in [1.29, 1.82) is 0 Å². The van der Waals surface area contributed by atoms with E-state index >= 15 is 0 Å². The van der Waals surface area contributed by atoms with Crippen LogP contribution in [-0.4, -0.2) is 49.4 Å². The average Bonchev–Trinajstić information content (AvgIpc) is 3.20. The third-order valence-electron chi connectivity index (χ3n) is 5.44. The number of aromatic nitrogens is 4. The summed E-state index contributed by atoms with van der Waals surface area (Å²) in [6.07, 6.45) is -0.430. The number of aliphatic hydroxyl groups is 1. The van der Waals surface area contributed by atoms with Gasteiger partial charge < -0.3 is 10.4 Å². The van der Waals surface area contributed by atoms with Crippen molar-refractivity contribution < 1.29 is 23.1 Å². The zero-order valence-corrected chi connectivity index (χ0v) is 17.8. The van der Waals surface area contributed by atoms with Crippen LogP contribution in [0.4, 0.5) is 13.2 Å². The normalized spacial score (nSPS) is 15.8. The molecule has 174 valence electrons. The summed E-state index contributed by atoms with van der Waals surface area (Å²) < 4.78 is 41.9. The van der Waals surface area contributed by atoms with Crippen molar-refractivity contribution in [2.75, 3.05) is 0 Å². The molecule has 1 fully saturated rings. The molecule has 2 N–H and O–H groups in total. The molecule has 0 bridgehead atoms. The predicted octanol–water partition coefficient (Wildman–Crippen LogP) is 3.13. The number of amides is 1. The molecule has 0 spiro atoms. The van der Waals surface area contributed by atoms with Crippen molar-refractivity contribution in [2.24, 2.45) is 0 Å². The molecule has 8 nitrogen and oxygen atoms in total. The third-order valence-corrected chi connectivity index (χ3v) is 5.69. The molecule has 33 heavy (non-hydrogen) atoms. The molecule has 1 saturated carbocycles. The number of hydrogen-bond donors (Lipinski definition) is 2. The van der Waals surface area contributed by atoms with Gasteiger partial charge in [-0.25, -0.2) is 13.2 Å². The van der Waals surface area contributed by atoms with Crippen molar-refractivity contribution in [3.05, 3.63) is 63.7 Å². The highest BCUT2D eigenvalue weighted by Crippen LogP contribution is 2.31. The van der Waals surface area contributed by atoms with E-state index in [9.17, 15) is 22.8 Å². The molecule has 1 aliphatic carbocycles. The predicted molar refractivity (Wildman–Crippen MR) is 113 cm³/mol. The summed E-state index contributed by atoms with van der Waals surface area (Å²) in [6.45, 7) is 0. The molecule has 0 saturated heterocycles. The lowest BCUT2D eigenvalue weighted by Crippen LogP contribution is -2.48. The van der Waals surface area contributed by atoms with Crippen molar-refractivity contribution in [1.82, 2.24) is 24.9 Å². The Morgan fingerprint density at radius 3 is 2.48 bits per heavy atom. The molecule has 4 rings (SSSR count). The van der Waals surface area contributed by atoms with Crippen LogP contribution in [0.1, 0.15) is 35.7 Å². The summed E-state index contributed by atoms with van der Waals surface area (Å²) in [4.78, 5) is 25.7. The summed E-state index contributed by atoms with van der Waals surface area (Å²) in [7, 11) is 0.